The minimum Gasteiger partial charge on any atom is -0.456 e. The number of benzene rings is 7. The number of para-hydroxylation sites is 1. The van der Waals surface area contributed by atoms with Crippen LogP contribution in [0, 0.1) is 0 Å². The van der Waals surface area contributed by atoms with Gasteiger partial charge in [0.25, 0.3) is 0 Å². The van der Waals surface area contributed by atoms with Crippen molar-refractivity contribution in [2.45, 2.75) is 12.0 Å². The van der Waals surface area contributed by atoms with Crippen molar-refractivity contribution in [1.82, 2.24) is 15.0 Å². The van der Waals surface area contributed by atoms with Crippen LogP contribution >= 0.6 is 0 Å². The Morgan fingerprint density at radius 3 is 1.71 bits per heavy atom. The van der Waals surface area contributed by atoms with Gasteiger partial charge in [-0.2, -0.15) is 0 Å². The van der Waals surface area contributed by atoms with Gasteiger partial charge in [-0.25, -0.2) is 15.0 Å². The zero-order valence-corrected chi connectivity index (χ0v) is 30.3. The van der Waals surface area contributed by atoms with Crippen LogP contribution in [0.4, 0.5) is 11.4 Å². The topological polar surface area (TPSA) is 55.1 Å². The lowest BCUT2D eigenvalue weighted by Gasteiger charge is -2.30. The Hall–Kier alpha value is -7.37. The van der Waals surface area contributed by atoms with Gasteiger partial charge < -0.3 is 9.32 Å². The fraction of sp³-hybridized carbons (Fsp3) is 0.0392. The van der Waals surface area contributed by atoms with Crippen molar-refractivity contribution < 1.29 is 4.42 Å². The fourth-order valence-electron chi connectivity index (χ4n) is 8.54. The second-order valence-electron chi connectivity index (χ2n) is 14.3. The minimum atomic E-state index is 0.0198. The first-order chi connectivity index (χ1) is 27.8. The highest BCUT2D eigenvalue weighted by atomic mass is 16.3. The van der Waals surface area contributed by atoms with Crippen LogP contribution in [0.5, 0.6) is 0 Å². The van der Waals surface area contributed by atoms with E-state index in [0.717, 1.165) is 44.7 Å². The molecule has 0 N–H and O–H groups in total. The third-order valence-electron chi connectivity index (χ3n) is 11.1. The fourth-order valence-corrected chi connectivity index (χ4v) is 8.54. The SMILES string of the molecule is C1=CC2C(c3ccccc3N2c2cccc(-c3ccc(-c4ccccc4)cc3)c2)c2c1oc1cccc(-c3nc(-c4ccccc4)nc(-c4ccccc4)n3)c21. The van der Waals surface area contributed by atoms with E-state index in [2.05, 4.69) is 132 Å². The maximum absolute atomic E-state index is 6.69. The van der Waals surface area contributed by atoms with E-state index in [4.69, 9.17) is 19.4 Å². The first kappa shape index (κ1) is 32.1. The van der Waals surface area contributed by atoms with Gasteiger partial charge in [0.15, 0.2) is 17.5 Å². The first-order valence-corrected chi connectivity index (χ1v) is 19.0. The van der Waals surface area contributed by atoms with Crippen molar-refractivity contribution in [2.24, 2.45) is 0 Å². The number of fused-ring (bicyclic) bond motifs is 7. The molecule has 1 aliphatic heterocycles. The van der Waals surface area contributed by atoms with Gasteiger partial charge >= 0.3 is 0 Å². The van der Waals surface area contributed by atoms with E-state index >= 15 is 0 Å². The zero-order valence-electron chi connectivity index (χ0n) is 30.3. The Morgan fingerprint density at radius 2 is 1.02 bits per heavy atom. The second kappa shape index (κ2) is 13.2. The average molecular weight is 719 g/mol. The molecular weight excluding hydrogens is 685 g/mol. The molecule has 0 saturated carbocycles. The molecule has 0 amide bonds. The van der Waals surface area contributed by atoms with Crippen molar-refractivity contribution in [1.29, 1.82) is 0 Å². The number of anilines is 2. The summed E-state index contributed by atoms with van der Waals surface area (Å²) in [6, 6.07) is 63.6. The van der Waals surface area contributed by atoms with Crippen molar-refractivity contribution >= 4 is 28.4 Å². The summed E-state index contributed by atoms with van der Waals surface area (Å²) >= 11 is 0. The first-order valence-electron chi connectivity index (χ1n) is 19.0. The number of rotatable bonds is 6. The molecule has 11 rings (SSSR count). The molecule has 264 valence electrons. The Morgan fingerprint density at radius 1 is 0.464 bits per heavy atom. The number of furan rings is 1. The number of hydrogen-bond donors (Lipinski definition) is 0. The highest BCUT2D eigenvalue weighted by molar-refractivity contribution is 5.99. The van der Waals surface area contributed by atoms with Crippen LogP contribution in [0.15, 0.2) is 192 Å². The van der Waals surface area contributed by atoms with Gasteiger partial charge in [-0.1, -0.05) is 164 Å². The lowest BCUT2D eigenvalue weighted by atomic mass is 9.81. The van der Waals surface area contributed by atoms with Gasteiger partial charge in [-0.15, -0.1) is 0 Å². The van der Waals surface area contributed by atoms with Crippen LogP contribution in [0.3, 0.4) is 0 Å². The summed E-state index contributed by atoms with van der Waals surface area (Å²) in [5, 5.41) is 1.04. The molecule has 2 aliphatic rings. The Kier molecular flexibility index (Phi) is 7.56. The van der Waals surface area contributed by atoms with Gasteiger partial charge in [0.1, 0.15) is 11.3 Å². The maximum atomic E-state index is 6.69. The molecule has 0 bridgehead atoms. The molecule has 9 aromatic rings. The van der Waals surface area contributed by atoms with Crippen LogP contribution in [-0.2, 0) is 0 Å². The van der Waals surface area contributed by atoms with Crippen molar-refractivity contribution in [3.8, 4) is 56.4 Å². The van der Waals surface area contributed by atoms with Gasteiger partial charge in [0, 0.05) is 44.9 Å². The number of nitrogens with zero attached hydrogens (tertiary/aromatic N) is 4. The largest absolute Gasteiger partial charge is 0.456 e. The van der Waals surface area contributed by atoms with Crippen LogP contribution in [0.1, 0.15) is 22.8 Å². The summed E-state index contributed by atoms with van der Waals surface area (Å²) in [4.78, 5) is 17.7. The smallest absolute Gasteiger partial charge is 0.164 e. The van der Waals surface area contributed by atoms with Gasteiger partial charge in [-0.05, 0) is 58.2 Å². The molecular formula is C51H34N4O. The van der Waals surface area contributed by atoms with E-state index < -0.39 is 0 Å². The third kappa shape index (κ3) is 5.36. The summed E-state index contributed by atoms with van der Waals surface area (Å²) in [6.45, 7) is 0. The summed E-state index contributed by atoms with van der Waals surface area (Å²) in [5.41, 5.74) is 13.2. The lowest BCUT2D eigenvalue weighted by molar-refractivity contribution is 0.584. The molecule has 1 aliphatic carbocycles. The molecule has 5 nitrogen and oxygen atoms in total. The van der Waals surface area contributed by atoms with E-state index in [1.807, 2.05) is 66.7 Å². The van der Waals surface area contributed by atoms with Crippen molar-refractivity contribution in [2.75, 3.05) is 4.90 Å². The van der Waals surface area contributed by atoms with E-state index in [-0.39, 0.29) is 12.0 Å². The van der Waals surface area contributed by atoms with Gasteiger partial charge in [-0.3, -0.25) is 0 Å². The normalized spacial score (nSPS) is 15.4. The van der Waals surface area contributed by atoms with Gasteiger partial charge in [0.05, 0.1) is 6.04 Å². The highest BCUT2D eigenvalue weighted by Crippen LogP contribution is 2.54. The van der Waals surface area contributed by atoms with E-state index in [1.54, 1.807) is 0 Å². The average Bonchev–Trinajstić information content (AvgIpc) is 3.83. The number of hydrogen-bond acceptors (Lipinski definition) is 5. The molecule has 2 unspecified atom stereocenters. The Bertz CT molecular complexity index is 2860. The van der Waals surface area contributed by atoms with E-state index in [0.29, 0.717) is 17.5 Å². The minimum absolute atomic E-state index is 0.0198. The van der Waals surface area contributed by atoms with Crippen molar-refractivity contribution in [3.63, 3.8) is 0 Å². The Labute approximate surface area is 324 Å². The van der Waals surface area contributed by atoms with Crippen LogP contribution < -0.4 is 4.90 Å². The predicted octanol–water partition coefficient (Wildman–Crippen LogP) is 12.6. The molecule has 2 aromatic heterocycles. The molecule has 0 saturated heterocycles. The quantitative estimate of drug-likeness (QED) is 0.171. The van der Waals surface area contributed by atoms with Crippen LogP contribution in [-0.4, -0.2) is 21.0 Å². The summed E-state index contributed by atoms with van der Waals surface area (Å²) < 4.78 is 6.69. The Balaban J connectivity index is 1.04. The molecule has 7 aromatic carbocycles. The van der Waals surface area contributed by atoms with Crippen LogP contribution in [0.25, 0.3) is 73.5 Å². The molecule has 3 heterocycles. The standard InChI is InChI=1S/C51H34N4O/c1-4-14-33(15-5-1)34-26-28-35(29-27-34)38-20-12-21-39(32-38)55-42-24-11-10-22-40(42)46-43(55)30-31-45-48(46)47-41(23-13-25-44(47)56-45)51-53-49(36-16-6-2-7-17-36)52-50(54-51)37-18-8-3-9-19-37/h1-32,43,46H. The second-order valence-corrected chi connectivity index (χ2v) is 14.3. The molecule has 0 spiro atoms. The molecule has 56 heavy (non-hydrogen) atoms. The third-order valence-corrected chi connectivity index (χ3v) is 11.1. The van der Waals surface area contributed by atoms with Crippen LogP contribution in [0.2, 0.25) is 0 Å². The summed E-state index contributed by atoms with van der Waals surface area (Å²) in [6.07, 6.45) is 4.46. The molecule has 0 fully saturated rings. The van der Waals surface area contributed by atoms with Gasteiger partial charge in [0.2, 0.25) is 0 Å². The molecule has 5 heteroatoms. The highest BCUT2D eigenvalue weighted by Gasteiger charge is 2.43. The number of aromatic nitrogens is 3. The predicted molar refractivity (Wildman–Crippen MR) is 226 cm³/mol. The van der Waals surface area contributed by atoms with E-state index in [9.17, 15) is 0 Å². The molecule has 2 atom stereocenters. The zero-order chi connectivity index (χ0) is 37.0. The van der Waals surface area contributed by atoms with E-state index in [1.165, 1.54) is 33.5 Å². The monoisotopic (exact) mass is 718 g/mol. The summed E-state index contributed by atoms with van der Waals surface area (Å²) in [7, 11) is 0. The maximum Gasteiger partial charge on any atom is 0.164 e. The lowest BCUT2D eigenvalue weighted by Crippen LogP contribution is -2.30. The summed E-state index contributed by atoms with van der Waals surface area (Å²) in [5.74, 6) is 2.78. The van der Waals surface area contributed by atoms with Crippen molar-refractivity contribution in [3.05, 3.63) is 205 Å². The molecule has 0 radical (unpaired) electrons.